The highest BCUT2D eigenvalue weighted by molar-refractivity contribution is 6.32. The van der Waals surface area contributed by atoms with E-state index in [0.717, 1.165) is 12.0 Å². The molecule has 0 bridgehead atoms. The van der Waals surface area contributed by atoms with Crippen molar-refractivity contribution in [2.45, 2.75) is 6.42 Å². The van der Waals surface area contributed by atoms with Gasteiger partial charge in [0.25, 0.3) is 0 Å². The number of hydrogen-bond donors (Lipinski definition) is 1. The van der Waals surface area contributed by atoms with Gasteiger partial charge in [-0.1, -0.05) is 23.7 Å². The molecule has 1 aromatic heterocycles. The summed E-state index contributed by atoms with van der Waals surface area (Å²) < 4.78 is 10.5. The van der Waals surface area contributed by atoms with Crippen LogP contribution in [-0.2, 0) is 11.2 Å². The Kier molecular flexibility index (Phi) is 5.14. The fourth-order valence-corrected chi connectivity index (χ4v) is 1.88. The summed E-state index contributed by atoms with van der Waals surface area (Å²) in [6.07, 6.45) is 2.03. The number of aromatic carboxylic acids is 1. The van der Waals surface area contributed by atoms with Gasteiger partial charge >= 0.3 is 5.97 Å². The molecule has 0 spiro atoms. The lowest BCUT2D eigenvalue weighted by Gasteiger charge is -2.08. The molecule has 0 saturated heterocycles. The largest absolute Gasteiger partial charge is 0.478 e. The van der Waals surface area contributed by atoms with E-state index in [1.807, 2.05) is 12.1 Å². The zero-order chi connectivity index (χ0) is 15.2. The molecule has 2 rings (SSSR count). The van der Waals surface area contributed by atoms with E-state index in [9.17, 15) is 4.79 Å². The third kappa shape index (κ3) is 4.18. The van der Waals surface area contributed by atoms with E-state index in [0.29, 0.717) is 12.4 Å². The zero-order valence-electron chi connectivity index (χ0n) is 11.4. The van der Waals surface area contributed by atoms with Crippen molar-refractivity contribution in [1.82, 2.24) is 4.98 Å². The van der Waals surface area contributed by atoms with Gasteiger partial charge < -0.3 is 14.6 Å². The molecule has 5 nitrogen and oxygen atoms in total. The molecule has 0 aliphatic rings. The van der Waals surface area contributed by atoms with Crippen LogP contribution >= 0.6 is 11.6 Å². The summed E-state index contributed by atoms with van der Waals surface area (Å²) >= 11 is 5.96. The molecule has 0 fully saturated rings. The maximum Gasteiger partial charge on any atom is 0.337 e. The van der Waals surface area contributed by atoms with Gasteiger partial charge in [0.2, 0.25) is 5.88 Å². The van der Waals surface area contributed by atoms with Crippen molar-refractivity contribution >= 4 is 17.6 Å². The first-order chi connectivity index (χ1) is 10.1. The minimum absolute atomic E-state index is 0.0160. The molecule has 0 atom stereocenters. The normalized spacial score (nSPS) is 10.4. The standard InChI is InChI=1S/C15H14ClNO4/c1-20-7-6-10-2-4-12(5-3-10)21-14-13(16)8-11(9-17-14)15(18)19/h2-5,8-9H,6-7H2,1H3,(H,18,19). The number of carbonyl (C=O) groups is 1. The molecule has 0 unspecified atom stereocenters. The Morgan fingerprint density at radius 2 is 2.05 bits per heavy atom. The number of benzene rings is 1. The summed E-state index contributed by atoms with van der Waals surface area (Å²) in [6.45, 7) is 0.657. The first kappa shape index (κ1) is 15.3. The number of aromatic nitrogens is 1. The van der Waals surface area contributed by atoms with Gasteiger partial charge in [0.1, 0.15) is 10.8 Å². The molecule has 2 aromatic rings. The summed E-state index contributed by atoms with van der Waals surface area (Å²) in [4.78, 5) is 14.7. The number of ether oxygens (including phenoxy) is 2. The number of hydrogen-bond acceptors (Lipinski definition) is 4. The van der Waals surface area contributed by atoms with Gasteiger partial charge in [0.05, 0.1) is 12.2 Å². The second-order valence-electron chi connectivity index (χ2n) is 4.30. The second-order valence-corrected chi connectivity index (χ2v) is 4.71. The second kappa shape index (κ2) is 7.06. The van der Waals surface area contributed by atoms with Gasteiger partial charge in [0.15, 0.2) is 0 Å². The third-order valence-corrected chi connectivity index (χ3v) is 3.06. The van der Waals surface area contributed by atoms with Gasteiger partial charge in [-0.05, 0) is 30.2 Å². The van der Waals surface area contributed by atoms with E-state index < -0.39 is 5.97 Å². The Hall–Kier alpha value is -2.11. The molecule has 0 radical (unpaired) electrons. The quantitative estimate of drug-likeness (QED) is 0.885. The molecule has 0 amide bonds. The average molecular weight is 308 g/mol. The van der Waals surface area contributed by atoms with Crippen LogP contribution in [0.25, 0.3) is 0 Å². The third-order valence-electron chi connectivity index (χ3n) is 2.79. The van der Waals surface area contributed by atoms with Gasteiger partial charge in [-0.2, -0.15) is 0 Å². The lowest BCUT2D eigenvalue weighted by Crippen LogP contribution is -1.98. The summed E-state index contributed by atoms with van der Waals surface area (Å²) in [7, 11) is 1.66. The zero-order valence-corrected chi connectivity index (χ0v) is 12.1. The Labute approximate surface area is 127 Å². The number of rotatable bonds is 6. The Morgan fingerprint density at radius 1 is 1.33 bits per heavy atom. The number of methoxy groups -OCH3 is 1. The Balaban J connectivity index is 2.09. The highest BCUT2D eigenvalue weighted by Gasteiger charge is 2.10. The predicted octanol–water partition coefficient (Wildman–Crippen LogP) is 3.41. The number of carboxylic acid groups (broad SMARTS) is 1. The first-order valence-corrected chi connectivity index (χ1v) is 6.62. The monoisotopic (exact) mass is 307 g/mol. The maximum absolute atomic E-state index is 10.8. The van der Waals surface area contributed by atoms with Gasteiger partial charge in [-0.25, -0.2) is 9.78 Å². The smallest absolute Gasteiger partial charge is 0.337 e. The molecule has 6 heteroatoms. The van der Waals surface area contributed by atoms with Crippen molar-refractivity contribution < 1.29 is 19.4 Å². The first-order valence-electron chi connectivity index (χ1n) is 6.24. The van der Waals surface area contributed by atoms with Crippen molar-refractivity contribution in [2.75, 3.05) is 13.7 Å². The van der Waals surface area contributed by atoms with Crippen LogP contribution in [0.3, 0.4) is 0 Å². The Bertz CT molecular complexity index is 628. The highest BCUT2D eigenvalue weighted by atomic mass is 35.5. The molecular weight excluding hydrogens is 294 g/mol. The number of halogens is 1. The molecule has 0 aliphatic heterocycles. The van der Waals surface area contributed by atoms with E-state index in [2.05, 4.69) is 4.98 Å². The molecule has 1 N–H and O–H groups in total. The van der Waals surface area contributed by atoms with Crippen LogP contribution in [0.15, 0.2) is 36.5 Å². The van der Waals surface area contributed by atoms with Crippen molar-refractivity contribution in [2.24, 2.45) is 0 Å². The summed E-state index contributed by atoms with van der Waals surface area (Å²) in [5, 5.41) is 8.99. The molecule has 0 aliphatic carbocycles. The van der Waals surface area contributed by atoms with Crippen LogP contribution in [0.2, 0.25) is 5.02 Å². The van der Waals surface area contributed by atoms with Crippen LogP contribution in [0, 0.1) is 0 Å². The number of carboxylic acids is 1. The number of pyridine rings is 1. The fraction of sp³-hybridized carbons (Fsp3) is 0.200. The maximum atomic E-state index is 10.8. The molecule has 1 aromatic carbocycles. The van der Waals surface area contributed by atoms with Crippen LogP contribution < -0.4 is 4.74 Å². The SMILES string of the molecule is COCCc1ccc(Oc2ncc(C(=O)O)cc2Cl)cc1. The van der Waals surface area contributed by atoms with E-state index in [1.54, 1.807) is 19.2 Å². The van der Waals surface area contributed by atoms with Crippen LogP contribution in [0.4, 0.5) is 0 Å². The van der Waals surface area contributed by atoms with Crippen molar-refractivity contribution in [3.63, 3.8) is 0 Å². The van der Waals surface area contributed by atoms with Gasteiger partial charge in [-0.3, -0.25) is 0 Å². The molecule has 21 heavy (non-hydrogen) atoms. The van der Waals surface area contributed by atoms with Gasteiger partial charge in [-0.15, -0.1) is 0 Å². The lowest BCUT2D eigenvalue weighted by atomic mass is 10.1. The van der Waals surface area contributed by atoms with Gasteiger partial charge in [0, 0.05) is 13.3 Å². The van der Waals surface area contributed by atoms with Crippen molar-refractivity contribution in [3.8, 4) is 11.6 Å². The average Bonchev–Trinajstić information content (AvgIpc) is 2.48. The molecular formula is C15H14ClNO4. The lowest BCUT2D eigenvalue weighted by molar-refractivity contribution is 0.0696. The van der Waals surface area contributed by atoms with Crippen LogP contribution in [0.5, 0.6) is 11.6 Å². The van der Waals surface area contributed by atoms with Crippen molar-refractivity contribution in [3.05, 3.63) is 52.7 Å². The molecule has 1 heterocycles. The Morgan fingerprint density at radius 3 is 2.62 bits per heavy atom. The van der Waals surface area contributed by atoms with Crippen LogP contribution in [-0.4, -0.2) is 29.8 Å². The van der Waals surface area contributed by atoms with E-state index in [1.165, 1.54) is 12.3 Å². The topological polar surface area (TPSA) is 68.7 Å². The predicted molar refractivity (Wildman–Crippen MR) is 78.3 cm³/mol. The van der Waals surface area contributed by atoms with E-state index >= 15 is 0 Å². The minimum Gasteiger partial charge on any atom is -0.478 e. The number of nitrogens with zero attached hydrogens (tertiary/aromatic N) is 1. The summed E-state index contributed by atoms with van der Waals surface area (Å²) in [6, 6.07) is 8.75. The molecule has 0 saturated carbocycles. The highest BCUT2D eigenvalue weighted by Crippen LogP contribution is 2.27. The van der Waals surface area contributed by atoms with E-state index in [-0.39, 0.29) is 16.5 Å². The minimum atomic E-state index is -1.08. The summed E-state index contributed by atoms with van der Waals surface area (Å²) in [5.41, 5.74) is 1.15. The van der Waals surface area contributed by atoms with Crippen molar-refractivity contribution in [1.29, 1.82) is 0 Å². The van der Waals surface area contributed by atoms with E-state index in [4.69, 9.17) is 26.2 Å². The molecule has 110 valence electrons. The fourth-order valence-electron chi connectivity index (χ4n) is 1.67. The summed E-state index contributed by atoms with van der Waals surface area (Å²) in [5.74, 6) is -0.335. The van der Waals surface area contributed by atoms with Crippen LogP contribution in [0.1, 0.15) is 15.9 Å².